The van der Waals surface area contributed by atoms with Crippen molar-refractivity contribution in [2.75, 3.05) is 13.7 Å². The van der Waals surface area contributed by atoms with Gasteiger partial charge in [0.05, 0.1) is 17.6 Å². The highest BCUT2D eigenvalue weighted by Crippen LogP contribution is 2.27. The minimum Gasteiger partial charge on any atom is -0.496 e. The number of ether oxygens (including phenoxy) is 1. The van der Waals surface area contributed by atoms with Gasteiger partial charge in [-0.2, -0.15) is 0 Å². The Hall–Kier alpha value is -1.46. The summed E-state index contributed by atoms with van der Waals surface area (Å²) in [5, 5.41) is 3.44. The second-order valence-corrected chi connectivity index (χ2v) is 5.76. The van der Waals surface area contributed by atoms with E-state index in [-0.39, 0.29) is 6.04 Å². The van der Waals surface area contributed by atoms with Crippen molar-refractivity contribution in [3.05, 3.63) is 52.0 Å². The fourth-order valence-corrected chi connectivity index (χ4v) is 2.74. The van der Waals surface area contributed by atoms with Crippen LogP contribution in [0.4, 0.5) is 0 Å². The molecule has 0 fully saturated rings. The quantitative estimate of drug-likeness (QED) is 0.867. The van der Waals surface area contributed by atoms with Gasteiger partial charge in [0, 0.05) is 12.4 Å². The second-order valence-electron chi connectivity index (χ2n) is 4.90. The van der Waals surface area contributed by atoms with Crippen LogP contribution < -0.4 is 10.1 Å². The topological polar surface area (TPSA) is 47.0 Å². The molecular formula is C16H20BrN3O. The average molecular weight is 350 g/mol. The number of aromatic nitrogens is 2. The van der Waals surface area contributed by atoms with Gasteiger partial charge in [0.1, 0.15) is 11.6 Å². The molecule has 2 rings (SSSR count). The molecule has 0 radical (unpaired) electrons. The van der Waals surface area contributed by atoms with E-state index in [1.165, 1.54) is 5.56 Å². The lowest BCUT2D eigenvalue weighted by Crippen LogP contribution is -2.25. The van der Waals surface area contributed by atoms with Gasteiger partial charge in [-0.1, -0.05) is 13.0 Å². The van der Waals surface area contributed by atoms with Gasteiger partial charge in [0.25, 0.3) is 0 Å². The number of methoxy groups -OCH3 is 1. The van der Waals surface area contributed by atoms with Gasteiger partial charge in [-0.15, -0.1) is 0 Å². The van der Waals surface area contributed by atoms with E-state index in [1.807, 2.05) is 25.4 Å². The van der Waals surface area contributed by atoms with Gasteiger partial charge < -0.3 is 10.1 Å². The predicted molar refractivity (Wildman–Crippen MR) is 87.6 cm³/mol. The Morgan fingerprint density at radius 1 is 1.29 bits per heavy atom. The van der Waals surface area contributed by atoms with Crippen molar-refractivity contribution < 1.29 is 4.74 Å². The van der Waals surface area contributed by atoms with Gasteiger partial charge in [0.2, 0.25) is 0 Å². The first-order chi connectivity index (χ1) is 10.1. The summed E-state index contributed by atoms with van der Waals surface area (Å²) in [4.78, 5) is 8.88. The summed E-state index contributed by atoms with van der Waals surface area (Å²) in [7, 11) is 1.67. The largest absolute Gasteiger partial charge is 0.496 e. The zero-order valence-corrected chi connectivity index (χ0v) is 14.1. The number of hydrogen-bond acceptors (Lipinski definition) is 4. The highest BCUT2D eigenvalue weighted by atomic mass is 79.9. The summed E-state index contributed by atoms with van der Waals surface area (Å²) in [6, 6.07) is 6.23. The van der Waals surface area contributed by atoms with Crippen LogP contribution in [-0.2, 0) is 6.42 Å². The molecule has 21 heavy (non-hydrogen) atoms. The van der Waals surface area contributed by atoms with E-state index < -0.39 is 0 Å². The highest BCUT2D eigenvalue weighted by Gasteiger charge is 2.14. The second kappa shape index (κ2) is 7.52. The number of nitrogens with zero attached hydrogens (tertiary/aromatic N) is 2. The minimum absolute atomic E-state index is 0.107. The van der Waals surface area contributed by atoms with Crippen LogP contribution >= 0.6 is 15.9 Å². The number of hydrogen-bond donors (Lipinski definition) is 1. The molecule has 0 saturated heterocycles. The summed E-state index contributed by atoms with van der Waals surface area (Å²) < 4.78 is 6.22. The lowest BCUT2D eigenvalue weighted by molar-refractivity contribution is 0.411. The van der Waals surface area contributed by atoms with Crippen molar-refractivity contribution in [2.45, 2.75) is 26.3 Å². The Labute approximate surface area is 134 Å². The molecule has 1 aromatic heterocycles. The molecule has 1 atom stereocenters. The number of likely N-dealkylation sites (N-methyl/N-ethyl adjacent to an activating group) is 1. The number of benzene rings is 1. The zero-order chi connectivity index (χ0) is 15.2. The number of rotatable bonds is 6. The SMILES string of the molecule is CCNC(Cc1ccc(OC)c(Br)c1)c1ncc(C)cn1. The first-order valence-corrected chi connectivity index (χ1v) is 7.77. The standard InChI is InChI=1S/C16H20BrN3O/c1-4-18-14(16-19-9-11(2)10-20-16)8-12-5-6-15(21-3)13(17)7-12/h5-7,9-10,14,18H,4,8H2,1-3H3. The average Bonchev–Trinajstić information content (AvgIpc) is 2.48. The number of halogens is 1. The summed E-state index contributed by atoms with van der Waals surface area (Å²) >= 11 is 3.53. The van der Waals surface area contributed by atoms with Crippen LogP contribution in [0.1, 0.15) is 29.9 Å². The molecule has 0 aliphatic rings. The molecule has 4 nitrogen and oxygen atoms in total. The molecular weight excluding hydrogens is 330 g/mol. The van der Waals surface area contributed by atoms with Gasteiger partial charge in [-0.3, -0.25) is 0 Å². The summed E-state index contributed by atoms with van der Waals surface area (Å²) in [5.41, 5.74) is 2.28. The Morgan fingerprint density at radius 3 is 2.57 bits per heavy atom. The van der Waals surface area contributed by atoms with E-state index >= 15 is 0 Å². The van der Waals surface area contributed by atoms with Crippen molar-refractivity contribution in [3.8, 4) is 5.75 Å². The van der Waals surface area contributed by atoms with E-state index in [2.05, 4.69) is 50.3 Å². The van der Waals surface area contributed by atoms with Gasteiger partial charge in [-0.05, 0) is 59.1 Å². The molecule has 0 aliphatic carbocycles. The van der Waals surface area contributed by atoms with E-state index in [0.717, 1.165) is 34.6 Å². The number of nitrogens with one attached hydrogen (secondary N) is 1. The lowest BCUT2D eigenvalue weighted by Gasteiger charge is -2.17. The summed E-state index contributed by atoms with van der Waals surface area (Å²) in [6.45, 7) is 4.96. The molecule has 2 aromatic rings. The first-order valence-electron chi connectivity index (χ1n) is 6.98. The van der Waals surface area contributed by atoms with Gasteiger partial charge >= 0.3 is 0 Å². The van der Waals surface area contributed by atoms with Crippen molar-refractivity contribution in [1.82, 2.24) is 15.3 Å². The van der Waals surface area contributed by atoms with Crippen LogP contribution in [0.15, 0.2) is 35.1 Å². The molecule has 1 N–H and O–H groups in total. The summed E-state index contributed by atoms with van der Waals surface area (Å²) in [5.74, 6) is 1.67. The normalized spacial score (nSPS) is 12.2. The lowest BCUT2D eigenvalue weighted by atomic mass is 10.0. The molecule has 112 valence electrons. The Kier molecular flexibility index (Phi) is 5.70. The third-order valence-electron chi connectivity index (χ3n) is 3.22. The minimum atomic E-state index is 0.107. The predicted octanol–water partition coefficient (Wildman–Crippen LogP) is 3.45. The van der Waals surface area contributed by atoms with Gasteiger partial charge in [0.15, 0.2) is 0 Å². The smallest absolute Gasteiger partial charge is 0.145 e. The van der Waals surface area contributed by atoms with Crippen LogP contribution in [0.3, 0.4) is 0 Å². The third kappa shape index (κ3) is 4.25. The van der Waals surface area contributed by atoms with E-state index in [4.69, 9.17) is 4.74 Å². The number of aryl methyl sites for hydroxylation is 1. The maximum atomic E-state index is 5.26. The molecule has 0 aliphatic heterocycles. The van der Waals surface area contributed by atoms with Crippen LogP contribution in [0.2, 0.25) is 0 Å². The first kappa shape index (κ1) is 15.9. The van der Waals surface area contributed by atoms with Crippen molar-refractivity contribution in [3.63, 3.8) is 0 Å². The van der Waals surface area contributed by atoms with Crippen molar-refractivity contribution in [1.29, 1.82) is 0 Å². The summed E-state index contributed by atoms with van der Waals surface area (Å²) in [6.07, 6.45) is 4.55. The van der Waals surface area contributed by atoms with Gasteiger partial charge in [-0.25, -0.2) is 9.97 Å². The maximum Gasteiger partial charge on any atom is 0.145 e. The zero-order valence-electron chi connectivity index (χ0n) is 12.6. The molecule has 0 saturated carbocycles. The van der Waals surface area contributed by atoms with E-state index in [1.54, 1.807) is 7.11 Å². The Morgan fingerprint density at radius 2 is 2.00 bits per heavy atom. The molecule has 0 bridgehead atoms. The molecule has 0 amide bonds. The monoisotopic (exact) mass is 349 g/mol. The molecule has 1 heterocycles. The maximum absolute atomic E-state index is 5.26. The molecule has 1 unspecified atom stereocenters. The Balaban J connectivity index is 2.19. The fraction of sp³-hybridized carbons (Fsp3) is 0.375. The van der Waals surface area contributed by atoms with Crippen LogP contribution in [-0.4, -0.2) is 23.6 Å². The van der Waals surface area contributed by atoms with Crippen LogP contribution in [0.25, 0.3) is 0 Å². The van der Waals surface area contributed by atoms with E-state index in [9.17, 15) is 0 Å². The third-order valence-corrected chi connectivity index (χ3v) is 3.84. The molecule has 1 aromatic carbocycles. The fourth-order valence-electron chi connectivity index (χ4n) is 2.16. The van der Waals surface area contributed by atoms with E-state index in [0.29, 0.717) is 0 Å². The van der Waals surface area contributed by atoms with Crippen molar-refractivity contribution in [2.24, 2.45) is 0 Å². The highest BCUT2D eigenvalue weighted by molar-refractivity contribution is 9.10. The molecule has 5 heteroatoms. The van der Waals surface area contributed by atoms with Crippen LogP contribution in [0, 0.1) is 6.92 Å². The van der Waals surface area contributed by atoms with Crippen molar-refractivity contribution >= 4 is 15.9 Å². The molecule has 0 spiro atoms. The Bertz CT molecular complexity index is 587. The van der Waals surface area contributed by atoms with Crippen LogP contribution in [0.5, 0.6) is 5.75 Å².